The number of aromatic nitrogens is 1. The normalized spacial score (nSPS) is 16.2. The largest absolute Gasteiger partial charge is 0.348 e. The minimum atomic E-state index is -0.00501. The summed E-state index contributed by atoms with van der Waals surface area (Å²) < 4.78 is 0.798. The van der Waals surface area contributed by atoms with Gasteiger partial charge in [-0.1, -0.05) is 0 Å². The first-order chi connectivity index (χ1) is 10.5. The van der Waals surface area contributed by atoms with Crippen LogP contribution in [0.4, 0.5) is 0 Å². The van der Waals surface area contributed by atoms with E-state index in [1.165, 1.54) is 0 Å². The molecule has 2 rings (SSSR count). The van der Waals surface area contributed by atoms with Gasteiger partial charge in [-0.15, -0.1) is 0 Å². The van der Waals surface area contributed by atoms with Crippen molar-refractivity contribution in [1.29, 1.82) is 0 Å². The smallest absolute Gasteiger partial charge is 0.255 e. The van der Waals surface area contributed by atoms with Crippen LogP contribution >= 0.6 is 15.9 Å². The first-order valence-electron chi connectivity index (χ1n) is 7.29. The molecule has 0 spiro atoms. The lowest BCUT2D eigenvalue weighted by atomic mass is 10.2. The summed E-state index contributed by atoms with van der Waals surface area (Å²) in [5.74, 6) is 0.0885. The molecule has 2 amide bonds. The second-order valence-corrected chi connectivity index (χ2v) is 6.52. The molecule has 2 heterocycles. The lowest BCUT2D eigenvalue weighted by Crippen LogP contribution is -2.39. The van der Waals surface area contributed by atoms with Crippen molar-refractivity contribution < 1.29 is 9.59 Å². The second-order valence-electron chi connectivity index (χ2n) is 5.60. The van der Waals surface area contributed by atoms with Crippen LogP contribution in [-0.4, -0.2) is 78.3 Å². The number of halogens is 1. The van der Waals surface area contributed by atoms with Gasteiger partial charge in [0.25, 0.3) is 5.91 Å². The van der Waals surface area contributed by atoms with Crippen molar-refractivity contribution in [3.8, 4) is 0 Å². The van der Waals surface area contributed by atoms with Gasteiger partial charge in [0, 0.05) is 57.1 Å². The Hall–Kier alpha value is -1.47. The fourth-order valence-electron chi connectivity index (χ4n) is 2.38. The molecule has 6 nitrogen and oxygen atoms in total. The van der Waals surface area contributed by atoms with Crippen LogP contribution in [0.1, 0.15) is 16.8 Å². The highest BCUT2D eigenvalue weighted by atomic mass is 79.9. The molecule has 1 aliphatic heterocycles. The van der Waals surface area contributed by atoms with Gasteiger partial charge in [-0.05, 0) is 28.4 Å². The Balaban J connectivity index is 1.95. The molecule has 0 saturated carbocycles. The summed E-state index contributed by atoms with van der Waals surface area (Å²) in [5.41, 5.74) is 0.590. The SMILES string of the molecule is CN(C)C(=O)CN1CCCN(C(=O)c2cncc(Br)c2)CC1. The summed E-state index contributed by atoms with van der Waals surface area (Å²) in [5, 5.41) is 0. The maximum absolute atomic E-state index is 12.5. The molecular formula is C15H21BrN4O2. The highest BCUT2D eigenvalue weighted by Crippen LogP contribution is 2.13. The standard InChI is InChI=1S/C15H21BrN4O2/c1-18(2)14(21)11-19-4-3-5-20(7-6-19)15(22)12-8-13(16)10-17-9-12/h8-10H,3-7,11H2,1-2H3. The monoisotopic (exact) mass is 368 g/mol. The van der Waals surface area contributed by atoms with E-state index in [1.807, 2.05) is 4.90 Å². The van der Waals surface area contributed by atoms with E-state index in [-0.39, 0.29) is 11.8 Å². The van der Waals surface area contributed by atoms with E-state index in [0.29, 0.717) is 31.7 Å². The molecule has 120 valence electrons. The number of carbonyl (C=O) groups is 2. The van der Waals surface area contributed by atoms with Crippen LogP contribution in [0.2, 0.25) is 0 Å². The molecule has 0 atom stereocenters. The Kier molecular flexibility index (Phi) is 5.90. The average molecular weight is 369 g/mol. The van der Waals surface area contributed by atoms with Crippen LogP contribution in [0, 0.1) is 0 Å². The molecule has 1 fully saturated rings. The second kappa shape index (κ2) is 7.69. The van der Waals surface area contributed by atoms with E-state index < -0.39 is 0 Å². The zero-order valence-electron chi connectivity index (χ0n) is 13.0. The molecule has 0 N–H and O–H groups in total. The molecule has 22 heavy (non-hydrogen) atoms. The number of amides is 2. The Bertz CT molecular complexity index is 550. The quantitative estimate of drug-likeness (QED) is 0.800. The lowest BCUT2D eigenvalue weighted by molar-refractivity contribution is -0.129. The van der Waals surface area contributed by atoms with Gasteiger partial charge in [0.1, 0.15) is 0 Å². The molecule has 1 saturated heterocycles. The Morgan fingerprint density at radius 1 is 1.23 bits per heavy atom. The first-order valence-corrected chi connectivity index (χ1v) is 8.09. The summed E-state index contributed by atoms with van der Waals surface area (Å²) in [6.45, 7) is 3.30. The molecule has 0 aliphatic carbocycles. The van der Waals surface area contributed by atoms with Gasteiger partial charge in [-0.25, -0.2) is 0 Å². The van der Waals surface area contributed by atoms with E-state index in [2.05, 4.69) is 25.8 Å². The maximum atomic E-state index is 12.5. The molecule has 1 aromatic rings. The van der Waals surface area contributed by atoms with Gasteiger partial charge in [-0.2, -0.15) is 0 Å². The van der Waals surface area contributed by atoms with Gasteiger partial charge in [-0.3, -0.25) is 19.5 Å². The molecule has 7 heteroatoms. The number of hydrogen-bond donors (Lipinski definition) is 0. The zero-order valence-corrected chi connectivity index (χ0v) is 14.5. The summed E-state index contributed by atoms with van der Waals surface area (Å²) in [6, 6.07) is 1.79. The number of hydrogen-bond acceptors (Lipinski definition) is 4. The fourth-order valence-corrected chi connectivity index (χ4v) is 2.74. The van der Waals surface area contributed by atoms with Gasteiger partial charge in [0.15, 0.2) is 0 Å². The number of nitrogens with zero attached hydrogens (tertiary/aromatic N) is 4. The van der Waals surface area contributed by atoms with E-state index in [9.17, 15) is 9.59 Å². The van der Waals surface area contributed by atoms with Gasteiger partial charge in [0.05, 0.1) is 12.1 Å². The van der Waals surface area contributed by atoms with Crippen molar-refractivity contribution in [2.45, 2.75) is 6.42 Å². The molecule has 0 aromatic carbocycles. The first kappa shape index (κ1) is 16.9. The predicted molar refractivity (Wildman–Crippen MR) is 87.6 cm³/mol. The number of pyridine rings is 1. The Morgan fingerprint density at radius 3 is 2.68 bits per heavy atom. The minimum absolute atomic E-state index is 0.00501. The van der Waals surface area contributed by atoms with Crippen molar-refractivity contribution in [3.05, 3.63) is 28.5 Å². The van der Waals surface area contributed by atoms with Gasteiger partial charge in [0.2, 0.25) is 5.91 Å². The van der Waals surface area contributed by atoms with Crippen LogP contribution in [0.25, 0.3) is 0 Å². The highest BCUT2D eigenvalue weighted by molar-refractivity contribution is 9.10. The van der Waals surface area contributed by atoms with Gasteiger partial charge < -0.3 is 9.80 Å². The average Bonchev–Trinajstić information content (AvgIpc) is 2.72. The third-order valence-electron chi connectivity index (χ3n) is 3.69. The number of rotatable bonds is 3. The fraction of sp³-hybridized carbons (Fsp3) is 0.533. The van der Waals surface area contributed by atoms with E-state index >= 15 is 0 Å². The number of likely N-dealkylation sites (N-methyl/N-ethyl adjacent to an activating group) is 1. The Morgan fingerprint density at radius 2 is 2.00 bits per heavy atom. The number of carbonyl (C=O) groups excluding carboxylic acids is 2. The van der Waals surface area contributed by atoms with Crippen molar-refractivity contribution in [1.82, 2.24) is 19.7 Å². The third kappa shape index (κ3) is 4.51. The summed E-state index contributed by atoms with van der Waals surface area (Å²) in [6.07, 6.45) is 4.12. The van der Waals surface area contributed by atoms with Crippen LogP contribution in [0.5, 0.6) is 0 Å². The summed E-state index contributed by atoms with van der Waals surface area (Å²) in [7, 11) is 3.52. The summed E-state index contributed by atoms with van der Waals surface area (Å²) >= 11 is 3.34. The zero-order chi connectivity index (χ0) is 16.1. The van der Waals surface area contributed by atoms with Crippen LogP contribution in [0.3, 0.4) is 0 Å². The molecule has 0 radical (unpaired) electrons. The summed E-state index contributed by atoms with van der Waals surface area (Å²) in [4.78, 5) is 33.9. The third-order valence-corrected chi connectivity index (χ3v) is 4.12. The van der Waals surface area contributed by atoms with Crippen molar-refractivity contribution >= 4 is 27.7 Å². The molecule has 1 aliphatic rings. The van der Waals surface area contributed by atoms with Gasteiger partial charge >= 0.3 is 0 Å². The van der Waals surface area contributed by atoms with Crippen molar-refractivity contribution in [3.63, 3.8) is 0 Å². The van der Waals surface area contributed by atoms with Crippen LogP contribution in [-0.2, 0) is 4.79 Å². The van der Waals surface area contributed by atoms with E-state index in [0.717, 1.165) is 17.4 Å². The Labute approximate surface area is 139 Å². The molecular weight excluding hydrogens is 348 g/mol. The van der Waals surface area contributed by atoms with Crippen LogP contribution in [0.15, 0.2) is 22.9 Å². The van der Waals surface area contributed by atoms with E-state index in [4.69, 9.17) is 0 Å². The molecule has 1 aromatic heterocycles. The predicted octanol–water partition coefficient (Wildman–Crippen LogP) is 1.08. The molecule has 0 unspecified atom stereocenters. The van der Waals surface area contributed by atoms with Crippen LogP contribution < -0.4 is 0 Å². The maximum Gasteiger partial charge on any atom is 0.255 e. The van der Waals surface area contributed by atoms with Crippen molar-refractivity contribution in [2.24, 2.45) is 0 Å². The lowest BCUT2D eigenvalue weighted by Gasteiger charge is -2.22. The molecule has 0 bridgehead atoms. The van der Waals surface area contributed by atoms with Crippen molar-refractivity contribution in [2.75, 3.05) is 46.8 Å². The highest BCUT2D eigenvalue weighted by Gasteiger charge is 2.22. The van der Waals surface area contributed by atoms with E-state index in [1.54, 1.807) is 37.5 Å². The topological polar surface area (TPSA) is 56.8 Å². The minimum Gasteiger partial charge on any atom is -0.348 e.